The highest BCUT2D eigenvalue weighted by atomic mass is 19.1. The summed E-state index contributed by atoms with van der Waals surface area (Å²) in [5.74, 6) is -0.300. The van der Waals surface area contributed by atoms with E-state index in [0.717, 1.165) is 30.8 Å². The van der Waals surface area contributed by atoms with Crippen LogP contribution in [0, 0.1) is 17.1 Å². The van der Waals surface area contributed by atoms with Gasteiger partial charge in [0.05, 0.1) is 11.6 Å². The first-order chi connectivity index (χ1) is 10.2. The monoisotopic (exact) mass is 281 g/mol. The van der Waals surface area contributed by atoms with E-state index in [1.165, 1.54) is 23.3 Å². The number of nitrogens with zero attached hydrogens (tertiary/aromatic N) is 2. The molecule has 0 amide bonds. The van der Waals surface area contributed by atoms with Crippen LogP contribution < -0.4 is 5.73 Å². The summed E-state index contributed by atoms with van der Waals surface area (Å²) in [6.45, 7) is 2.26. The normalized spacial score (nSPS) is 14.5. The molecule has 3 rings (SSSR count). The highest BCUT2D eigenvalue weighted by Crippen LogP contribution is 2.23. The Balaban J connectivity index is 1.81. The molecular formula is C17H16FN3. The molecule has 21 heavy (non-hydrogen) atoms. The molecule has 106 valence electrons. The van der Waals surface area contributed by atoms with E-state index < -0.39 is 0 Å². The summed E-state index contributed by atoms with van der Waals surface area (Å²) >= 11 is 0. The molecule has 3 nitrogen and oxygen atoms in total. The molecule has 0 aromatic heterocycles. The smallest absolute Gasteiger partial charge is 0.123 e. The summed E-state index contributed by atoms with van der Waals surface area (Å²) in [4.78, 5) is 2.22. The van der Waals surface area contributed by atoms with Crippen molar-refractivity contribution in [2.75, 3.05) is 12.3 Å². The number of hydrogen-bond acceptors (Lipinski definition) is 3. The van der Waals surface area contributed by atoms with E-state index in [1.807, 2.05) is 12.1 Å². The molecule has 0 spiro atoms. The average Bonchev–Trinajstić information content (AvgIpc) is 2.47. The third-order valence-electron chi connectivity index (χ3n) is 3.90. The van der Waals surface area contributed by atoms with Crippen molar-refractivity contribution in [3.05, 3.63) is 64.5 Å². The molecule has 0 unspecified atom stereocenters. The lowest BCUT2D eigenvalue weighted by Crippen LogP contribution is -2.30. The first-order valence-electron chi connectivity index (χ1n) is 6.94. The minimum Gasteiger partial charge on any atom is -0.399 e. The number of fused-ring (bicyclic) bond motifs is 1. The molecule has 0 bridgehead atoms. The molecule has 2 aromatic carbocycles. The second-order valence-electron chi connectivity index (χ2n) is 5.40. The Morgan fingerprint density at radius 1 is 1.19 bits per heavy atom. The molecule has 2 aromatic rings. The predicted molar refractivity (Wildman–Crippen MR) is 79.8 cm³/mol. The van der Waals surface area contributed by atoms with Gasteiger partial charge in [0.15, 0.2) is 0 Å². The number of rotatable bonds is 2. The van der Waals surface area contributed by atoms with Gasteiger partial charge in [0, 0.05) is 25.3 Å². The molecule has 4 heteroatoms. The van der Waals surface area contributed by atoms with Gasteiger partial charge < -0.3 is 5.73 Å². The van der Waals surface area contributed by atoms with Crippen LogP contribution in [0.1, 0.15) is 22.3 Å². The third kappa shape index (κ3) is 2.88. The van der Waals surface area contributed by atoms with Crippen LogP contribution in [0.3, 0.4) is 0 Å². The molecule has 0 aliphatic carbocycles. The lowest BCUT2D eigenvalue weighted by molar-refractivity contribution is 0.245. The molecule has 1 aliphatic heterocycles. The SMILES string of the molecule is N#Cc1ccc(F)cc1CN1CCc2ccc(N)cc2C1. The first-order valence-corrected chi connectivity index (χ1v) is 6.94. The maximum atomic E-state index is 13.4. The Labute approximate surface area is 123 Å². The second-order valence-corrected chi connectivity index (χ2v) is 5.40. The largest absolute Gasteiger partial charge is 0.399 e. The highest BCUT2D eigenvalue weighted by molar-refractivity contribution is 5.45. The molecule has 0 saturated heterocycles. The van der Waals surface area contributed by atoms with Crippen LogP contribution in [0.2, 0.25) is 0 Å². The quantitative estimate of drug-likeness (QED) is 0.861. The molecule has 0 atom stereocenters. The zero-order chi connectivity index (χ0) is 14.8. The van der Waals surface area contributed by atoms with Crippen LogP contribution in [0.15, 0.2) is 36.4 Å². The van der Waals surface area contributed by atoms with E-state index in [-0.39, 0.29) is 5.82 Å². The Bertz CT molecular complexity index is 718. The van der Waals surface area contributed by atoms with Gasteiger partial charge in [-0.1, -0.05) is 6.07 Å². The number of benzene rings is 2. The van der Waals surface area contributed by atoms with Gasteiger partial charge in [-0.3, -0.25) is 4.90 Å². The minimum absolute atomic E-state index is 0.300. The summed E-state index contributed by atoms with van der Waals surface area (Å²) < 4.78 is 13.4. The number of nitriles is 1. The van der Waals surface area contributed by atoms with Gasteiger partial charge in [0.2, 0.25) is 0 Å². The van der Waals surface area contributed by atoms with E-state index in [1.54, 1.807) is 6.07 Å². The topological polar surface area (TPSA) is 53.0 Å². The van der Waals surface area contributed by atoms with Crippen LogP contribution in [-0.2, 0) is 19.5 Å². The first kappa shape index (κ1) is 13.6. The number of anilines is 1. The second kappa shape index (κ2) is 5.55. The highest BCUT2D eigenvalue weighted by Gasteiger charge is 2.17. The maximum absolute atomic E-state index is 13.4. The van der Waals surface area contributed by atoms with Crippen LogP contribution in [-0.4, -0.2) is 11.4 Å². The standard InChI is InChI=1S/C17H16FN3/c18-16-3-1-13(9-19)14(7-16)10-21-6-5-12-2-4-17(20)8-15(12)11-21/h1-4,7-8H,5-6,10-11,20H2. The minimum atomic E-state index is -0.300. The van der Waals surface area contributed by atoms with Crippen LogP contribution in [0.25, 0.3) is 0 Å². The predicted octanol–water partition coefficient (Wildman–Crippen LogP) is 2.84. The summed E-state index contributed by atoms with van der Waals surface area (Å²) in [5, 5.41) is 9.13. The van der Waals surface area contributed by atoms with Gasteiger partial charge in [-0.05, 0) is 53.4 Å². The summed E-state index contributed by atoms with van der Waals surface area (Å²) in [6, 6.07) is 12.4. The number of nitrogens with two attached hydrogens (primary N) is 1. The molecule has 2 N–H and O–H groups in total. The van der Waals surface area contributed by atoms with Crippen LogP contribution in [0.4, 0.5) is 10.1 Å². The zero-order valence-corrected chi connectivity index (χ0v) is 11.6. The molecule has 0 fully saturated rings. The van der Waals surface area contributed by atoms with Crippen molar-refractivity contribution in [1.29, 1.82) is 5.26 Å². The fraction of sp³-hybridized carbons (Fsp3) is 0.235. The molecule has 1 aliphatic rings. The van der Waals surface area contributed by atoms with E-state index in [2.05, 4.69) is 17.0 Å². The van der Waals surface area contributed by atoms with Crippen molar-refractivity contribution >= 4 is 5.69 Å². The molecule has 0 saturated carbocycles. The zero-order valence-electron chi connectivity index (χ0n) is 11.6. The van der Waals surface area contributed by atoms with E-state index in [9.17, 15) is 4.39 Å². The van der Waals surface area contributed by atoms with E-state index in [4.69, 9.17) is 11.0 Å². The van der Waals surface area contributed by atoms with Crippen molar-refractivity contribution in [2.24, 2.45) is 0 Å². The van der Waals surface area contributed by atoms with Gasteiger partial charge in [0.25, 0.3) is 0 Å². The summed E-state index contributed by atoms with van der Waals surface area (Å²) in [5.41, 5.74) is 10.4. The number of nitrogen functional groups attached to an aromatic ring is 1. The molecule has 0 radical (unpaired) electrons. The van der Waals surface area contributed by atoms with Gasteiger partial charge in [-0.2, -0.15) is 5.26 Å². The molecule has 1 heterocycles. The van der Waals surface area contributed by atoms with Crippen molar-refractivity contribution in [1.82, 2.24) is 4.90 Å². The Morgan fingerprint density at radius 2 is 2.05 bits per heavy atom. The Morgan fingerprint density at radius 3 is 2.86 bits per heavy atom. The number of hydrogen-bond donors (Lipinski definition) is 1. The Kier molecular flexibility index (Phi) is 3.59. The van der Waals surface area contributed by atoms with E-state index >= 15 is 0 Å². The van der Waals surface area contributed by atoms with Crippen molar-refractivity contribution in [3.8, 4) is 6.07 Å². The maximum Gasteiger partial charge on any atom is 0.123 e. The molecular weight excluding hydrogens is 265 g/mol. The third-order valence-corrected chi connectivity index (χ3v) is 3.90. The van der Waals surface area contributed by atoms with Crippen molar-refractivity contribution in [3.63, 3.8) is 0 Å². The lowest BCUT2D eigenvalue weighted by atomic mass is 9.98. The fourth-order valence-electron chi connectivity index (χ4n) is 2.81. The summed E-state index contributed by atoms with van der Waals surface area (Å²) in [7, 11) is 0. The fourth-order valence-corrected chi connectivity index (χ4v) is 2.81. The van der Waals surface area contributed by atoms with Gasteiger partial charge in [-0.15, -0.1) is 0 Å². The Hall–Kier alpha value is -2.38. The van der Waals surface area contributed by atoms with Crippen LogP contribution in [0.5, 0.6) is 0 Å². The van der Waals surface area contributed by atoms with Gasteiger partial charge in [0.1, 0.15) is 5.82 Å². The summed E-state index contributed by atoms with van der Waals surface area (Å²) in [6.07, 6.45) is 0.951. The van der Waals surface area contributed by atoms with Crippen molar-refractivity contribution in [2.45, 2.75) is 19.5 Å². The lowest BCUT2D eigenvalue weighted by Gasteiger charge is -2.29. The van der Waals surface area contributed by atoms with Gasteiger partial charge in [-0.25, -0.2) is 4.39 Å². The van der Waals surface area contributed by atoms with E-state index in [0.29, 0.717) is 12.1 Å². The van der Waals surface area contributed by atoms with Crippen molar-refractivity contribution < 1.29 is 4.39 Å². The number of halogens is 1. The average molecular weight is 281 g/mol. The van der Waals surface area contributed by atoms with Crippen LogP contribution >= 0.6 is 0 Å². The van der Waals surface area contributed by atoms with Gasteiger partial charge >= 0.3 is 0 Å².